The van der Waals surface area contributed by atoms with Crippen molar-refractivity contribution in [1.82, 2.24) is 4.90 Å². The summed E-state index contributed by atoms with van der Waals surface area (Å²) in [6, 6.07) is 27.5. The Morgan fingerprint density at radius 1 is 0.944 bits per heavy atom. The second-order valence-electron chi connectivity index (χ2n) is 7.90. The van der Waals surface area contributed by atoms with Crippen LogP contribution in [-0.4, -0.2) is 16.0 Å². The first kappa shape index (κ1) is 25.1. The van der Waals surface area contributed by atoms with Gasteiger partial charge in [0.15, 0.2) is 5.17 Å². The van der Waals surface area contributed by atoms with Gasteiger partial charge >= 0.3 is 0 Å². The van der Waals surface area contributed by atoms with E-state index < -0.39 is 0 Å². The number of carbonyl (C=O) groups excluding carboxylic acids is 1. The third kappa shape index (κ3) is 6.04. The average molecular weight is 718 g/mol. The van der Waals surface area contributed by atoms with E-state index in [1.54, 1.807) is 11.2 Å². The van der Waals surface area contributed by atoms with Crippen LogP contribution in [0.2, 0.25) is 0 Å². The van der Waals surface area contributed by atoms with Crippen LogP contribution >= 0.6 is 56.9 Å². The standard InChI is InChI=1S/C28H20I2N2O3S/c29-23-14-20(15-24(30)26(23)35-18-19-8-3-1-4-9-19)16-25-27(33)32(17-22-12-7-13-34-22)28(36-25)31-21-10-5-2-6-11-21/h1-16H,17-18H2/b25-16-,31-28?. The van der Waals surface area contributed by atoms with Crippen LogP contribution in [0.15, 0.2) is 106 Å². The zero-order chi connectivity index (χ0) is 24.9. The monoisotopic (exact) mass is 718 g/mol. The first-order chi connectivity index (χ1) is 17.6. The molecule has 1 aliphatic heterocycles. The molecule has 0 atom stereocenters. The summed E-state index contributed by atoms with van der Waals surface area (Å²) in [6.45, 7) is 0.825. The highest BCUT2D eigenvalue weighted by Crippen LogP contribution is 2.37. The minimum absolute atomic E-state index is 0.0968. The molecule has 0 bridgehead atoms. The molecule has 0 aliphatic carbocycles. The van der Waals surface area contributed by atoms with Crippen LogP contribution in [0.3, 0.4) is 0 Å². The molecule has 1 aromatic heterocycles. The van der Waals surface area contributed by atoms with Crippen LogP contribution in [0.1, 0.15) is 16.9 Å². The average Bonchev–Trinajstić information content (AvgIpc) is 3.49. The molecule has 0 unspecified atom stereocenters. The van der Waals surface area contributed by atoms with Crippen molar-refractivity contribution in [3.05, 3.63) is 120 Å². The number of benzene rings is 3. The van der Waals surface area contributed by atoms with E-state index in [1.165, 1.54) is 11.8 Å². The molecule has 180 valence electrons. The Bertz CT molecular complexity index is 1400. The number of hydrogen-bond acceptors (Lipinski definition) is 5. The summed E-state index contributed by atoms with van der Waals surface area (Å²) < 4.78 is 13.6. The fourth-order valence-corrected chi connectivity index (χ4v) is 6.71. The molecule has 5 nitrogen and oxygen atoms in total. The summed E-state index contributed by atoms with van der Waals surface area (Å²) in [5, 5.41) is 0.626. The third-order valence-electron chi connectivity index (χ3n) is 5.31. The molecular weight excluding hydrogens is 698 g/mol. The van der Waals surface area contributed by atoms with Gasteiger partial charge in [-0.25, -0.2) is 4.99 Å². The number of para-hydroxylation sites is 1. The van der Waals surface area contributed by atoms with Crippen LogP contribution in [0, 0.1) is 7.14 Å². The van der Waals surface area contributed by atoms with E-state index in [-0.39, 0.29) is 5.91 Å². The fourth-order valence-electron chi connectivity index (χ4n) is 3.58. The number of halogens is 2. The number of ether oxygens (including phenoxy) is 1. The zero-order valence-electron chi connectivity index (χ0n) is 18.9. The Morgan fingerprint density at radius 3 is 2.31 bits per heavy atom. The van der Waals surface area contributed by atoms with Crippen LogP contribution in [0.4, 0.5) is 5.69 Å². The first-order valence-corrected chi connectivity index (χ1v) is 14.1. The molecule has 1 saturated heterocycles. The summed E-state index contributed by atoms with van der Waals surface area (Å²) >= 11 is 5.94. The van der Waals surface area contributed by atoms with E-state index in [2.05, 4.69) is 45.2 Å². The van der Waals surface area contributed by atoms with Crippen LogP contribution in [0.25, 0.3) is 6.08 Å². The Kier molecular flexibility index (Phi) is 8.12. The van der Waals surface area contributed by atoms with Crippen LogP contribution in [-0.2, 0) is 17.9 Å². The summed E-state index contributed by atoms with van der Waals surface area (Å²) in [4.78, 5) is 20.4. The molecule has 0 radical (unpaired) electrons. The normalized spacial score (nSPS) is 15.7. The number of thioether (sulfide) groups is 1. The van der Waals surface area contributed by atoms with Crippen molar-refractivity contribution in [1.29, 1.82) is 0 Å². The molecule has 1 fully saturated rings. The third-order valence-corrected chi connectivity index (χ3v) is 7.92. The quantitative estimate of drug-likeness (QED) is 0.144. The van der Waals surface area contributed by atoms with Crippen molar-refractivity contribution < 1.29 is 13.9 Å². The van der Waals surface area contributed by atoms with Gasteiger partial charge in [0.2, 0.25) is 0 Å². The van der Waals surface area contributed by atoms with Gasteiger partial charge in [0.25, 0.3) is 5.91 Å². The summed E-state index contributed by atoms with van der Waals surface area (Å²) in [5.74, 6) is 1.45. The predicted octanol–water partition coefficient (Wildman–Crippen LogP) is 7.87. The number of amidine groups is 1. The number of hydrogen-bond donors (Lipinski definition) is 0. The smallest absolute Gasteiger partial charge is 0.267 e. The topological polar surface area (TPSA) is 55.0 Å². The molecule has 4 aromatic rings. The molecule has 36 heavy (non-hydrogen) atoms. The maximum Gasteiger partial charge on any atom is 0.267 e. The molecular formula is C28H20I2N2O3S. The summed E-state index contributed by atoms with van der Waals surface area (Å²) in [5.41, 5.74) is 2.85. The summed E-state index contributed by atoms with van der Waals surface area (Å²) in [6.07, 6.45) is 3.53. The van der Waals surface area contributed by atoms with E-state index in [4.69, 9.17) is 14.1 Å². The van der Waals surface area contributed by atoms with Gasteiger partial charge in [0.1, 0.15) is 18.1 Å². The van der Waals surface area contributed by atoms with Crippen LogP contribution < -0.4 is 4.74 Å². The van der Waals surface area contributed by atoms with Crippen molar-refractivity contribution in [2.75, 3.05) is 0 Å². The minimum Gasteiger partial charge on any atom is -0.487 e. The highest BCUT2D eigenvalue weighted by Gasteiger charge is 2.34. The van der Waals surface area contributed by atoms with Crippen molar-refractivity contribution in [2.24, 2.45) is 4.99 Å². The lowest BCUT2D eigenvalue weighted by molar-refractivity contribution is -0.122. The van der Waals surface area contributed by atoms with Crippen LogP contribution in [0.5, 0.6) is 5.75 Å². The van der Waals surface area contributed by atoms with E-state index in [0.29, 0.717) is 29.0 Å². The Labute approximate surface area is 240 Å². The van der Waals surface area contributed by atoms with Gasteiger partial charge < -0.3 is 9.15 Å². The van der Waals surface area contributed by atoms with Gasteiger partial charge in [0, 0.05) is 0 Å². The highest BCUT2D eigenvalue weighted by molar-refractivity contribution is 14.1. The van der Waals surface area contributed by atoms with E-state index in [9.17, 15) is 4.79 Å². The zero-order valence-corrected chi connectivity index (χ0v) is 24.1. The van der Waals surface area contributed by atoms with Gasteiger partial charge in [-0.2, -0.15) is 0 Å². The number of nitrogens with zero attached hydrogens (tertiary/aromatic N) is 2. The van der Waals surface area contributed by atoms with Crippen molar-refractivity contribution >= 4 is 79.8 Å². The van der Waals surface area contributed by atoms with Gasteiger partial charge in [-0.15, -0.1) is 0 Å². The Hall–Kier alpha value is -2.57. The Morgan fingerprint density at radius 2 is 1.64 bits per heavy atom. The highest BCUT2D eigenvalue weighted by atomic mass is 127. The number of aliphatic imine (C=N–C) groups is 1. The Balaban J connectivity index is 1.41. The molecule has 8 heteroatoms. The molecule has 1 amide bonds. The first-order valence-electron chi connectivity index (χ1n) is 11.1. The largest absolute Gasteiger partial charge is 0.487 e. The lowest BCUT2D eigenvalue weighted by Crippen LogP contribution is -2.28. The molecule has 0 saturated carbocycles. The lowest BCUT2D eigenvalue weighted by Gasteiger charge is -2.13. The fraction of sp³-hybridized carbons (Fsp3) is 0.0714. The second-order valence-corrected chi connectivity index (χ2v) is 11.2. The number of amides is 1. The summed E-state index contributed by atoms with van der Waals surface area (Å²) in [7, 11) is 0. The van der Waals surface area contributed by atoms with Crippen molar-refractivity contribution in [2.45, 2.75) is 13.2 Å². The minimum atomic E-state index is -0.0968. The molecule has 0 N–H and O–H groups in total. The number of carbonyl (C=O) groups is 1. The van der Waals surface area contributed by atoms with E-state index in [1.807, 2.05) is 91.0 Å². The van der Waals surface area contributed by atoms with Crippen molar-refractivity contribution in [3.8, 4) is 5.75 Å². The molecule has 3 aromatic carbocycles. The second kappa shape index (κ2) is 11.7. The van der Waals surface area contributed by atoms with E-state index >= 15 is 0 Å². The molecule has 1 aliphatic rings. The van der Waals surface area contributed by atoms with Gasteiger partial charge in [-0.05, 0) is 111 Å². The predicted molar refractivity (Wildman–Crippen MR) is 161 cm³/mol. The molecule has 2 heterocycles. The number of rotatable bonds is 7. The van der Waals surface area contributed by atoms with Gasteiger partial charge in [-0.3, -0.25) is 9.69 Å². The number of furan rings is 1. The maximum absolute atomic E-state index is 13.4. The van der Waals surface area contributed by atoms with E-state index in [0.717, 1.165) is 29.7 Å². The molecule has 5 rings (SSSR count). The van der Waals surface area contributed by atoms with Gasteiger partial charge in [-0.1, -0.05) is 48.5 Å². The van der Waals surface area contributed by atoms with Gasteiger partial charge in [0.05, 0.1) is 30.5 Å². The van der Waals surface area contributed by atoms with Crippen molar-refractivity contribution in [3.63, 3.8) is 0 Å². The maximum atomic E-state index is 13.4. The SMILES string of the molecule is O=C1/C(=C/c2cc(I)c(OCc3ccccc3)c(I)c2)SC(=Nc2ccccc2)N1Cc1ccco1. The lowest BCUT2D eigenvalue weighted by atomic mass is 10.2. The molecule has 0 spiro atoms.